The summed E-state index contributed by atoms with van der Waals surface area (Å²) in [6.07, 6.45) is 1.65. The molecule has 3 aromatic rings. The van der Waals surface area contributed by atoms with Crippen molar-refractivity contribution in [2.75, 3.05) is 31.1 Å². The van der Waals surface area contributed by atoms with Gasteiger partial charge in [0.15, 0.2) is 11.2 Å². The maximum absolute atomic E-state index is 12.6. The molecule has 27 heavy (non-hydrogen) atoms. The van der Waals surface area contributed by atoms with Gasteiger partial charge in [0.25, 0.3) is 5.56 Å². The summed E-state index contributed by atoms with van der Waals surface area (Å²) in [5.74, 6) is 0. The van der Waals surface area contributed by atoms with Gasteiger partial charge in [-0.15, -0.1) is 0 Å². The van der Waals surface area contributed by atoms with Gasteiger partial charge in [0.1, 0.15) is 0 Å². The molecule has 0 saturated carbocycles. The van der Waals surface area contributed by atoms with E-state index in [1.807, 2.05) is 4.57 Å². The van der Waals surface area contributed by atoms with Crippen LogP contribution in [0.25, 0.3) is 11.2 Å². The minimum Gasteiger partial charge on any atom is -0.369 e. The van der Waals surface area contributed by atoms with Gasteiger partial charge < -0.3 is 9.47 Å². The first-order valence-electron chi connectivity index (χ1n) is 9.10. The SMILES string of the molecule is Cc1cccc(N2CCN(Cn3cnc4c3c(=O)n(C)c(=O)n4C)CC2)c1. The van der Waals surface area contributed by atoms with Gasteiger partial charge in [-0.05, 0) is 24.6 Å². The number of rotatable bonds is 3. The molecule has 0 amide bonds. The Labute approximate surface area is 156 Å². The average Bonchev–Trinajstić information content (AvgIpc) is 3.09. The zero-order valence-corrected chi connectivity index (χ0v) is 15.9. The van der Waals surface area contributed by atoms with E-state index in [-0.39, 0.29) is 11.2 Å². The van der Waals surface area contributed by atoms with E-state index in [4.69, 9.17) is 0 Å². The normalized spacial score (nSPS) is 15.6. The third kappa shape index (κ3) is 3.06. The highest BCUT2D eigenvalue weighted by molar-refractivity contribution is 5.69. The predicted molar refractivity (Wildman–Crippen MR) is 105 cm³/mol. The third-order valence-corrected chi connectivity index (χ3v) is 5.31. The van der Waals surface area contributed by atoms with E-state index in [1.54, 1.807) is 13.4 Å². The van der Waals surface area contributed by atoms with E-state index in [0.29, 0.717) is 17.8 Å². The van der Waals surface area contributed by atoms with Gasteiger partial charge in [0.2, 0.25) is 0 Å². The fraction of sp³-hybridized carbons (Fsp3) is 0.421. The minimum atomic E-state index is -0.357. The Bertz CT molecular complexity index is 1100. The van der Waals surface area contributed by atoms with E-state index >= 15 is 0 Å². The zero-order valence-electron chi connectivity index (χ0n) is 15.9. The molecule has 4 rings (SSSR count). The number of piperazine rings is 1. The van der Waals surface area contributed by atoms with Gasteiger partial charge in [0.05, 0.1) is 13.0 Å². The quantitative estimate of drug-likeness (QED) is 0.674. The Morgan fingerprint density at radius 2 is 1.78 bits per heavy atom. The second-order valence-electron chi connectivity index (χ2n) is 7.18. The first-order valence-corrected chi connectivity index (χ1v) is 9.10. The van der Waals surface area contributed by atoms with Gasteiger partial charge in [0, 0.05) is 46.0 Å². The van der Waals surface area contributed by atoms with E-state index in [2.05, 4.69) is 46.0 Å². The fourth-order valence-corrected chi connectivity index (χ4v) is 3.69. The first kappa shape index (κ1) is 17.5. The van der Waals surface area contributed by atoms with E-state index in [9.17, 15) is 9.59 Å². The van der Waals surface area contributed by atoms with E-state index in [1.165, 1.54) is 22.9 Å². The highest BCUT2D eigenvalue weighted by atomic mass is 16.2. The van der Waals surface area contributed by atoms with Crippen molar-refractivity contribution in [2.24, 2.45) is 14.1 Å². The second-order valence-corrected chi connectivity index (χ2v) is 7.18. The van der Waals surface area contributed by atoms with Crippen molar-refractivity contribution >= 4 is 16.9 Å². The van der Waals surface area contributed by atoms with Crippen molar-refractivity contribution in [3.8, 4) is 0 Å². The molecule has 0 atom stereocenters. The molecule has 0 bridgehead atoms. The summed E-state index contributed by atoms with van der Waals surface area (Å²) < 4.78 is 4.40. The van der Waals surface area contributed by atoms with Crippen LogP contribution >= 0.6 is 0 Å². The molecule has 2 aromatic heterocycles. The summed E-state index contributed by atoms with van der Waals surface area (Å²) >= 11 is 0. The standard InChI is InChI=1S/C19H24N6O2/c1-14-5-4-6-15(11-14)24-9-7-23(8-10-24)13-25-12-20-17-16(25)18(26)22(3)19(27)21(17)2/h4-6,11-12H,7-10,13H2,1-3H3. The van der Waals surface area contributed by atoms with Crippen molar-refractivity contribution in [1.29, 1.82) is 0 Å². The molecule has 0 N–H and O–H groups in total. The van der Waals surface area contributed by atoms with Gasteiger partial charge in [-0.3, -0.25) is 18.8 Å². The number of aryl methyl sites for hydroxylation is 2. The number of hydrogen-bond acceptors (Lipinski definition) is 5. The van der Waals surface area contributed by atoms with Crippen LogP contribution < -0.4 is 16.1 Å². The number of benzene rings is 1. The number of aromatic nitrogens is 4. The molecule has 0 aliphatic carbocycles. The first-order chi connectivity index (χ1) is 13.0. The summed E-state index contributed by atoms with van der Waals surface area (Å²) in [6.45, 7) is 6.38. The summed E-state index contributed by atoms with van der Waals surface area (Å²) in [5, 5.41) is 0. The Balaban J connectivity index is 1.53. The number of anilines is 1. The van der Waals surface area contributed by atoms with Crippen LogP contribution in [0.1, 0.15) is 5.56 Å². The molecule has 0 spiro atoms. The Hall–Kier alpha value is -2.87. The maximum Gasteiger partial charge on any atom is 0.332 e. The lowest BCUT2D eigenvalue weighted by Gasteiger charge is -2.36. The fourth-order valence-electron chi connectivity index (χ4n) is 3.69. The average molecular weight is 368 g/mol. The van der Waals surface area contributed by atoms with Crippen LogP contribution in [0.15, 0.2) is 40.2 Å². The minimum absolute atomic E-state index is 0.302. The third-order valence-electron chi connectivity index (χ3n) is 5.31. The Morgan fingerprint density at radius 3 is 2.48 bits per heavy atom. The highest BCUT2D eigenvalue weighted by Gasteiger charge is 2.20. The maximum atomic E-state index is 12.6. The van der Waals surface area contributed by atoms with Crippen LogP contribution in [-0.2, 0) is 20.8 Å². The molecular weight excluding hydrogens is 344 g/mol. The van der Waals surface area contributed by atoms with Crippen molar-refractivity contribution in [1.82, 2.24) is 23.6 Å². The molecule has 1 aliphatic heterocycles. The summed E-state index contributed by atoms with van der Waals surface area (Å²) in [6, 6.07) is 8.56. The number of nitrogens with zero attached hydrogens (tertiary/aromatic N) is 6. The van der Waals surface area contributed by atoms with Crippen LogP contribution in [0.3, 0.4) is 0 Å². The lowest BCUT2D eigenvalue weighted by atomic mass is 10.2. The summed E-state index contributed by atoms with van der Waals surface area (Å²) in [5.41, 5.74) is 2.77. The lowest BCUT2D eigenvalue weighted by molar-refractivity contribution is 0.208. The van der Waals surface area contributed by atoms with Gasteiger partial charge >= 0.3 is 5.69 Å². The molecule has 1 saturated heterocycles. The topological polar surface area (TPSA) is 68.3 Å². The molecule has 1 fully saturated rings. The molecular formula is C19H24N6O2. The van der Waals surface area contributed by atoms with Gasteiger partial charge in [-0.2, -0.15) is 0 Å². The Kier molecular flexibility index (Phi) is 4.35. The van der Waals surface area contributed by atoms with Crippen molar-refractivity contribution < 1.29 is 0 Å². The van der Waals surface area contributed by atoms with Crippen molar-refractivity contribution in [3.05, 3.63) is 57.0 Å². The van der Waals surface area contributed by atoms with Crippen LogP contribution in [0.4, 0.5) is 5.69 Å². The highest BCUT2D eigenvalue weighted by Crippen LogP contribution is 2.18. The van der Waals surface area contributed by atoms with Gasteiger partial charge in [-0.1, -0.05) is 12.1 Å². The molecule has 3 heterocycles. The molecule has 0 unspecified atom stereocenters. The molecule has 8 nitrogen and oxygen atoms in total. The largest absolute Gasteiger partial charge is 0.369 e. The second kappa shape index (κ2) is 6.70. The van der Waals surface area contributed by atoms with Crippen LogP contribution in [0.5, 0.6) is 0 Å². The smallest absolute Gasteiger partial charge is 0.332 e. The predicted octanol–water partition coefficient (Wildman–Crippen LogP) is 0.522. The molecule has 0 radical (unpaired) electrons. The van der Waals surface area contributed by atoms with Gasteiger partial charge in [-0.25, -0.2) is 9.78 Å². The van der Waals surface area contributed by atoms with Crippen molar-refractivity contribution in [3.63, 3.8) is 0 Å². The molecule has 1 aliphatic rings. The van der Waals surface area contributed by atoms with E-state index in [0.717, 1.165) is 30.7 Å². The monoisotopic (exact) mass is 368 g/mol. The molecule has 1 aromatic carbocycles. The summed E-state index contributed by atoms with van der Waals surface area (Å²) in [4.78, 5) is 33.6. The Morgan fingerprint density at radius 1 is 1.04 bits per heavy atom. The number of imidazole rings is 1. The number of hydrogen-bond donors (Lipinski definition) is 0. The zero-order chi connectivity index (χ0) is 19.1. The van der Waals surface area contributed by atoms with E-state index < -0.39 is 0 Å². The van der Waals surface area contributed by atoms with Crippen LogP contribution in [-0.4, -0.2) is 49.8 Å². The van der Waals surface area contributed by atoms with Crippen molar-refractivity contribution in [2.45, 2.75) is 13.6 Å². The number of fused-ring (bicyclic) bond motifs is 1. The van der Waals surface area contributed by atoms with Crippen LogP contribution in [0, 0.1) is 6.92 Å². The summed E-state index contributed by atoms with van der Waals surface area (Å²) in [7, 11) is 3.14. The molecule has 8 heteroatoms. The lowest BCUT2D eigenvalue weighted by Crippen LogP contribution is -2.47. The molecule has 142 valence electrons. The van der Waals surface area contributed by atoms with Crippen LogP contribution in [0.2, 0.25) is 0 Å².